The lowest BCUT2D eigenvalue weighted by molar-refractivity contribution is -0.452. The van der Waals surface area contributed by atoms with Crippen molar-refractivity contribution in [1.82, 2.24) is 4.73 Å². The van der Waals surface area contributed by atoms with Crippen LogP contribution >= 0.6 is 11.6 Å². The Labute approximate surface area is 124 Å². The van der Waals surface area contributed by atoms with Gasteiger partial charge in [0.05, 0.1) is 9.99 Å². The smallest absolute Gasteiger partial charge is 0.304 e. The number of rotatable bonds is 1. The van der Waals surface area contributed by atoms with Crippen LogP contribution in [0.3, 0.4) is 0 Å². The summed E-state index contributed by atoms with van der Waals surface area (Å²) < 4.78 is 1.03. The van der Waals surface area contributed by atoms with Gasteiger partial charge in [0.1, 0.15) is 11.6 Å². The van der Waals surface area contributed by atoms with Gasteiger partial charge in [0.25, 0.3) is 5.52 Å². The summed E-state index contributed by atoms with van der Waals surface area (Å²) in [5.74, 6) is 0. The molecule has 102 valence electrons. The summed E-state index contributed by atoms with van der Waals surface area (Å²) in [4.78, 5) is 12.5. The Bertz CT molecular complexity index is 943. The lowest BCUT2D eigenvalue weighted by Crippen LogP contribution is -2.24. The molecule has 0 unspecified atom stereocenters. The molecule has 0 spiro atoms. The normalized spacial score (nSPS) is 10.5. The standard InChI is InChI=1S/C15H8ClN3O2/c16-11-6-7-12-13(8-11)18(20)14(9-17)15(19(12)21)10-4-2-1-3-5-10/h1-8H. The minimum atomic E-state index is -0.258. The molecule has 0 radical (unpaired) electrons. The second-order valence-corrected chi connectivity index (χ2v) is 4.83. The Morgan fingerprint density at radius 2 is 1.90 bits per heavy atom. The largest absolute Gasteiger partial charge is 0.804 e. The zero-order valence-corrected chi connectivity index (χ0v) is 11.4. The van der Waals surface area contributed by atoms with E-state index in [2.05, 4.69) is 0 Å². The lowest BCUT2D eigenvalue weighted by Gasteiger charge is -2.14. The molecule has 0 aliphatic rings. The molecule has 3 rings (SSSR count). The predicted molar refractivity (Wildman–Crippen MR) is 79.2 cm³/mol. The number of benzene rings is 2. The Morgan fingerprint density at radius 1 is 1.19 bits per heavy atom. The zero-order valence-electron chi connectivity index (χ0n) is 10.7. The maximum atomic E-state index is 12.5. The average Bonchev–Trinajstić information content (AvgIpc) is 2.51. The third-order valence-corrected chi connectivity index (χ3v) is 3.39. The van der Waals surface area contributed by atoms with Crippen LogP contribution in [0.2, 0.25) is 5.02 Å². The van der Waals surface area contributed by atoms with Crippen molar-refractivity contribution in [2.75, 3.05) is 0 Å². The van der Waals surface area contributed by atoms with Crippen molar-refractivity contribution in [3.63, 3.8) is 0 Å². The van der Waals surface area contributed by atoms with Crippen molar-refractivity contribution >= 4 is 22.6 Å². The molecule has 1 aromatic heterocycles. The topological polar surface area (TPSA) is 74.8 Å². The number of halogens is 1. The van der Waals surface area contributed by atoms with Crippen LogP contribution in [0.25, 0.3) is 22.3 Å². The van der Waals surface area contributed by atoms with Crippen LogP contribution in [0, 0.1) is 21.4 Å². The number of hydrogen-bond donors (Lipinski definition) is 0. The van der Waals surface area contributed by atoms with Crippen molar-refractivity contribution in [2.24, 2.45) is 0 Å². The zero-order chi connectivity index (χ0) is 15.0. The van der Waals surface area contributed by atoms with E-state index in [0.717, 1.165) is 0 Å². The van der Waals surface area contributed by atoms with Gasteiger partial charge in [0.2, 0.25) is 0 Å². The van der Waals surface area contributed by atoms with Gasteiger partial charge in [-0.3, -0.25) is 0 Å². The first-order valence-electron chi connectivity index (χ1n) is 6.07. The second kappa shape index (κ2) is 4.93. The molecule has 21 heavy (non-hydrogen) atoms. The van der Waals surface area contributed by atoms with Crippen molar-refractivity contribution in [1.29, 1.82) is 5.26 Å². The van der Waals surface area contributed by atoms with Gasteiger partial charge in [-0.15, -0.1) is 0 Å². The van der Waals surface area contributed by atoms with E-state index in [1.54, 1.807) is 36.4 Å². The van der Waals surface area contributed by atoms with Gasteiger partial charge >= 0.3 is 5.69 Å². The quantitative estimate of drug-likeness (QED) is 0.648. The molecule has 0 saturated heterocycles. The van der Waals surface area contributed by atoms with Crippen LogP contribution in [0.4, 0.5) is 0 Å². The first-order valence-corrected chi connectivity index (χ1v) is 6.45. The monoisotopic (exact) mass is 297 g/mol. The molecule has 0 saturated carbocycles. The lowest BCUT2D eigenvalue weighted by atomic mass is 10.1. The summed E-state index contributed by atoms with van der Waals surface area (Å²) in [6.45, 7) is 0. The van der Waals surface area contributed by atoms with Gasteiger partial charge in [0, 0.05) is 16.0 Å². The van der Waals surface area contributed by atoms with Crippen LogP contribution in [0.1, 0.15) is 5.69 Å². The molecular weight excluding hydrogens is 290 g/mol. The molecule has 0 amide bonds. The van der Waals surface area contributed by atoms with Crippen molar-refractivity contribution in [3.8, 4) is 17.3 Å². The maximum Gasteiger partial charge on any atom is 0.304 e. The predicted octanol–water partition coefficient (Wildman–Crippen LogP) is 3.09. The molecule has 3 aromatic rings. The Morgan fingerprint density at radius 3 is 2.57 bits per heavy atom. The van der Waals surface area contributed by atoms with E-state index in [4.69, 9.17) is 11.6 Å². The molecule has 0 fully saturated rings. The molecular formula is C15H8ClN3O2. The van der Waals surface area contributed by atoms with Crippen LogP contribution in [-0.4, -0.2) is 4.73 Å². The number of nitrogens with zero attached hydrogens (tertiary/aromatic N) is 3. The van der Waals surface area contributed by atoms with E-state index < -0.39 is 0 Å². The van der Waals surface area contributed by atoms with Crippen LogP contribution in [0.5, 0.6) is 0 Å². The summed E-state index contributed by atoms with van der Waals surface area (Å²) in [6.07, 6.45) is 0. The highest BCUT2D eigenvalue weighted by Gasteiger charge is 2.24. The third kappa shape index (κ3) is 2.02. The number of aromatic nitrogens is 2. The fourth-order valence-corrected chi connectivity index (χ4v) is 2.38. The highest BCUT2D eigenvalue weighted by atomic mass is 35.5. The van der Waals surface area contributed by atoms with Crippen LogP contribution in [0.15, 0.2) is 48.5 Å². The average molecular weight is 298 g/mol. The van der Waals surface area contributed by atoms with Crippen molar-refractivity contribution < 1.29 is 4.43 Å². The van der Waals surface area contributed by atoms with E-state index in [1.807, 2.05) is 0 Å². The van der Waals surface area contributed by atoms with Gasteiger partial charge in [-0.05, 0) is 24.3 Å². The number of fused-ring (bicyclic) bond motifs is 1. The van der Waals surface area contributed by atoms with E-state index in [0.29, 0.717) is 19.7 Å². The summed E-state index contributed by atoms with van der Waals surface area (Å²) in [5, 5.41) is 21.9. The number of nitriles is 1. The SMILES string of the molecule is N#Cc1c(-c2ccccc2)[n+](=O)c2ccc(Cl)cc2n1[O-]. The third-order valence-electron chi connectivity index (χ3n) is 3.16. The van der Waals surface area contributed by atoms with Crippen LogP contribution < -0.4 is 4.43 Å². The summed E-state index contributed by atoms with van der Waals surface area (Å²) in [6, 6.07) is 14.8. The number of hydrogen-bond acceptors (Lipinski definition) is 3. The van der Waals surface area contributed by atoms with E-state index in [-0.39, 0.29) is 22.4 Å². The van der Waals surface area contributed by atoms with E-state index in [1.165, 1.54) is 18.2 Å². The maximum absolute atomic E-state index is 12.5. The van der Waals surface area contributed by atoms with Gasteiger partial charge < -0.3 is 9.94 Å². The molecule has 6 heteroatoms. The second-order valence-electron chi connectivity index (χ2n) is 4.40. The molecule has 5 nitrogen and oxygen atoms in total. The molecule has 0 aliphatic heterocycles. The molecule has 2 aromatic carbocycles. The van der Waals surface area contributed by atoms with Gasteiger partial charge in [0.15, 0.2) is 5.69 Å². The molecule has 0 aliphatic carbocycles. The first-order chi connectivity index (χ1) is 10.1. The van der Waals surface area contributed by atoms with Gasteiger partial charge in [-0.25, -0.2) is 0 Å². The molecule has 0 N–H and O–H groups in total. The van der Waals surface area contributed by atoms with E-state index in [9.17, 15) is 15.4 Å². The fourth-order valence-electron chi connectivity index (χ4n) is 2.21. The Hall–Kier alpha value is -2.84. The molecule has 0 atom stereocenters. The summed E-state index contributed by atoms with van der Waals surface area (Å²) in [7, 11) is 0. The summed E-state index contributed by atoms with van der Waals surface area (Å²) >= 11 is 5.85. The van der Waals surface area contributed by atoms with Crippen molar-refractivity contribution in [2.45, 2.75) is 0 Å². The Balaban J connectivity index is 2.52. The minimum Gasteiger partial charge on any atom is -0.804 e. The minimum absolute atomic E-state index is 0.0305. The fraction of sp³-hybridized carbons (Fsp3) is 0. The molecule has 0 bridgehead atoms. The van der Waals surface area contributed by atoms with Gasteiger partial charge in [-0.2, -0.15) is 5.26 Å². The van der Waals surface area contributed by atoms with E-state index >= 15 is 0 Å². The highest BCUT2D eigenvalue weighted by molar-refractivity contribution is 6.31. The van der Waals surface area contributed by atoms with Crippen LogP contribution in [-0.2, 0) is 0 Å². The van der Waals surface area contributed by atoms with Gasteiger partial charge in [-0.1, -0.05) is 29.8 Å². The highest BCUT2D eigenvalue weighted by Crippen LogP contribution is 2.24. The van der Waals surface area contributed by atoms with Crippen molar-refractivity contribution in [3.05, 3.63) is 69.4 Å². The first kappa shape index (κ1) is 13.2. The molecule has 1 heterocycles. The summed E-state index contributed by atoms with van der Waals surface area (Å²) in [5.41, 5.74) is 0.500. The Kier molecular flexibility index (Phi) is 3.09.